The lowest BCUT2D eigenvalue weighted by Crippen LogP contribution is -2.19. The second-order valence-electron chi connectivity index (χ2n) is 2.51. The molecule has 0 saturated carbocycles. The van der Waals surface area contributed by atoms with E-state index >= 15 is 0 Å². The molecule has 0 bridgehead atoms. The third-order valence-electron chi connectivity index (χ3n) is 1.47. The number of aromatic hydroxyl groups is 2. The number of carbonyl (C=O) groups is 1. The first kappa shape index (κ1) is 10.7. The van der Waals surface area contributed by atoms with Crippen molar-refractivity contribution in [1.29, 1.82) is 0 Å². The highest BCUT2D eigenvalue weighted by Gasteiger charge is 2.11. The molecule has 0 atom stereocenters. The monoisotopic (exact) mass is 212 g/mol. The van der Waals surface area contributed by atoms with Gasteiger partial charge in [-0.1, -0.05) is 5.11 Å². The van der Waals surface area contributed by atoms with Crippen molar-refractivity contribution in [3.05, 3.63) is 22.6 Å². The number of hydrogen-bond acceptors (Lipinski definition) is 5. The van der Waals surface area contributed by atoms with Crippen LogP contribution in [0.3, 0.4) is 0 Å². The average Bonchev–Trinajstić information content (AvgIpc) is 2.50. The van der Waals surface area contributed by atoms with Gasteiger partial charge in [0, 0.05) is 23.6 Å². The molecule has 0 fully saturated rings. The Labute approximate surface area is 83.9 Å². The highest BCUT2D eigenvalue weighted by molar-refractivity contribution is 5.70. The highest BCUT2D eigenvalue weighted by Crippen LogP contribution is 2.18. The Morgan fingerprint density at radius 3 is 2.67 bits per heavy atom. The van der Waals surface area contributed by atoms with Crippen LogP contribution in [0.2, 0.25) is 0 Å². The molecule has 0 aromatic carbocycles. The molecular formula is C7H8N4O4. The van der Waals surface area contributed by atoms with E-state index in [4.69, 9.17) is 15.7 Å². The molecular weight excluding hydrogens is 204 g/mol. The lowest BCUT2D eigenvalue weighted by molar-refractivity contribution is -0.145. The van der Waals surface area contributed by atoms with Gasteiger partial charge in [0.1, 0.15) is 0 Å². The fourth-order valence-corrected chi connectivity index (χ4v) is 0.829. The first-order valence-corrected chi connectivity index (χ1v) is 3.97. The maximum Gasteiger partial charge on any atom is 0.333 e. The van der Waals surface area contributed by atoms with Crippen molar-refractivity contribution in [2.24, 2.45) is 5.11 Å². The van der Waals surface area contributed by atoms with Crippen molar-refractivity contribution in [2.45, 2.75) is 6.42 Å². The third-order valence-corrected chi connectivity index (χ3v) is 1.47. The van der Waals surface area contributed by atoms with Crippen LogP contribution < -0.4 is 4.84 Å². The quantitative estimate of drug-likeness (QED) is 0.430. The van der Waals surface area contributed by atoms with E-state index in [2.05, 4.69) is 14.9 Å². The molecule has 0 radical (unpaired) electrons. The van der Waals surface area contributed by atoms with Gasteiger partial charge in [-0.05, 0) is 5.53 Å². The number of rotatable bonds is 4. The zero-order valence-electron chi connectivity index (χ0n) is 7.57. The third kappa shape index (κ3) is 2.82. The van der Waals surface area contributed by atoms with Gasteiger partial charge in [-0.25, -0.2) is 4.79 Å². The Morgan fingerprint density at radius 2 is 2.13 bits per heavy atom. The number of azide groups is 1. The summed E-state index contributed by atoms with van der Waals surface area (Å²) in [6.07, 6.45) is -0.138. The zero-order chi connectivity index (χ0) is 11.3. The summed E-state index contributed by atoms with van der Waals surface area (Å²) in [5.74, 6) is -1.53. The molecule has 1 aromatic heterocycles. The van der Waals surface area contributed by atoms with E-state index in [1.165, 1.54) is 0 Å². The summed E-state index contributed by atoms with van der Waals surface area (Å²) >= 11 is 0. The van der Waals surface area contributed by atoms with Crippen LogP contribution in [0.15, 0.2) is 17.2 Å². The Morgan fingerprint density at radius 1 is 1.53 bits per heavy atom. The summed E-state index contributed by atoms with van der Waals surface area (Å²) in [4.78, 5) is 18.0. The summed E-state index contributed by atoms with van der Waals surface area (Å²) in [6, 6.07) is 2.33. The minimum absolute atomic E-state index is 0.0435. The van der Waals surface area contributed by atoms with Crippen molar-refractivity contribution in [2.75, 3.05) is 6.54 Å². The largest absolute Gasteiger partial charge is 0.492 e. The van der Waals surface area contributed by atoms with Gasteiger partial charge in [-0.2, -0.15) is 0 Å². The van der Waals surface area contributed by atoms with Gasteiger partial charge in [0.2, 0.25) is 11.8 Å². The van der Waals surface area contributed by atoms with Crippen LogP contribution in [0.4, 0.5) is 0 Å². The number of nitrogens with zero attached hydrogens (tertiary/aromatic N) is 4. The minimum Gasteiger partial charge on any atom is -0.492 e. The maximum atomic E-state index is 11.0. The SMILES string of the molecule is [N-]=[N+]=NCCC(=O)On1c(O)ccc1O. The predicted octanol–water partition coefficient (Wildman–Crippen LogP) is 0.555. The molecule has 0 aliphatic rings. The molecule has 0 saturated heterocycles. The lowest BCUT2D eigenvalue weighted by atomic mass is 10.4. The van der Waals surface area contributed by atoms with Gasteiger partial charge in [0.05, 0.1) is 6.42 Å². The summed E-state index contributed by atoms with van der Waals surface area (Å²) in [6.45, 7) is -0.0435. The molecule has 2 N–H and O–H groups in total. The molecule has 0 amide bonds. The van der Waals surface area contributed by atoms with Crippen molar-refractivity contribution in [3.63, 3.8) is 0 Å². The normalized spacial score (nSPS) is 9.33. The molecule has 8 heteroatoms. The standard InChI is InChI=1S/C7H8N4O4/c8-10-9-4-3-7(14)15-11-5(12)1-2-6(11)13/h1-2,12-13H,3-4H2. The summed E-state index contributed by atoms with van der Waals surface area (Å²) in [5, 5.41) is 21.3. The van der Waals surface area contributed by atoms with Crippen molar-refractivity contribution in [1.82, 2.24) is 4.73 Å². The van der Waals surface area contributed by atoms with Crippen LogP contribution in [-0.4, -0.2) is 27.5 Å². The Kier molecular flexibility index (Phi) is 3.42. The molecule has 8 nitrogen and oxygen atoms in total. The first-order valence-electron chi connectivity index (χ1n) is 3.97. The van der Waals surface area contributed by atoms with E-state index in [1.807, 2.05) is 0 Å². The molecule has 1 aromatic rings. The Hall–Kier alpha value is -2.34. The topological polar surface area (TPSA) is 120 Å². The van der Waals surface area contributed by atoms with Gasteiger partial charge in [-0.15, -0.1) is 4.73 Å². The lowest BCUT2D eigenvalue weighted by Gasteiger charge is -2.05. The van der Waals surface area contributed by atoms with Crippen LogP contribution in [0.25, 0.3) is 10.4 Å². The minimum atomic E-state index is -0.732. The van der Waals surface area contributed by atoms with Crippen molar-refractivity contribution in [3.8, 4) is 11.8 Å². The molecule has 15 heavy (non-hydrogen) atoms. The molecule has 0 aliphatic carbocycles. The highest BCUT2D eigenvalue weighted by atomic mass is 16.7. The van der Waals surface area contributed by atoms with Gasteiger partial charge < -0.3 is 15.1 Å². The summed E-state index contributed by atoms with van der Waals surface area (Å²) in [7, 11) is 0. The van der Waals surface area contributed by atoms with Crippen LogP contribution in [0, 0.1) is 0 Å². The van der Waals surface area contributed by atoms with Crippen molar-refractivity contribution >= 4 is 5.97 Å². The van der Waals surface area contributed by atoms with Gasteiger partial charge >= 0.3 is 5.97 Å². The predicted molar refractivity (Wildman–Crippen MR) is 48.0 cm³/mol. The maximum absolute atomic E-state index is 11.0. The molecule has 1 rings (SSSR count). The van der Waals surface area contributed by atoms with E-state index in [0.717, 1.165) is 12.1 Å². The molecule has 0 spiro atoms. The summed E-state index contributed by atoms with van der Waals surface area (Å²) in [5.41, 5.74) is 7.95. The van der Waals surface area contributed by atoms with E-state index in [1.54, 1.807) is 0 Å². The first-order chi connectivity index (χ1) is 7.15. The van der Waals surface area contributed by atoms with Gasteiger partial charge in [0.15, 0.2) is 0 Å². The number of hydrogen-bond donors (Lipinski definition) is 2. The zero-order valence-corrected chi connectivity index (χ0v) is 7.57. The fraction of sp³-hybridized carbons (Fsp3) is 0.286. The number of carbonyl (C=O) groups excluding carboxylic acids is 1. The molecule has 80 valence electrons. The number of aromatic nitrogens is 1. The van der Waals surface area contributed by atoms with Crippen LogP contribution >= 0.6 is 0 Å². The van der Waals surface area contributed by atoms with Gasteiger partial charge in [-0.3, -0.25) is 0 Å². The summed E-state index contributed by atoms with van der Waals surface area (Å²) < 4.78 is 0.568. The second kappa shape index (κ2) is 4.77. The van der Waals surface area contributed by atoms with Crippen LogP contribution in [-0.2, 0) is 4.79 Å². The molecule has 0 aliphatic heterocycles. The van der Waals surface area contributed by atoms with E-state index in [9.17, 15) is 4.79 Å². The van der Waals surface area contributed by atoms with E-state index in [0.29, 0.717) is 4.73 Å². The fourth-order valence-electron chi connectivity index (χ4n) is 0.829. The smallest absolute Gasteiger partial charge is 0.333 e. The van der Waals surface area contributed by atoms with E-state index < -0.39 is 17.7 Å². The average molecular weight is 212 g/mol. The van der Waals surface area contributed by atoms with Crippen LogP contribution in [0.1, 0.15) is 6.42 Å². The van der Waals surface area contributed by atoms with Crippen LogP contribution in [0.5, 0.6) is 11.8 Å². The van der Waals surface area contributed by atoms with Gasteiger partial charge in [0.25, 0.3) is 0 Å². The second-order valence-corrected chi connectivity index (χ2v) is 2.51. The Balaban J connectivity index is 2.54. The molecule has 1 heterocycles. The van der Waals surface area contributed by atoms with Crippen molar-refractivity contribution < 1.29 is 19.8 Å². The van der Waals surface area contributed by atoms with E-state index in [-0.39, 0.29) is 13.0 Å². The Bertz CT molecular complexity index is 388. The molecule has 0 unspecified atom stereocenters.